The van der Waals surface area contributed by atoms with Gasteiger partial charge in [-0.25, -0.2) is 4.98 Å². The highest BCUT2D eigenvalue weighted by Crippen LogP contribution is 2.32. The molecule has 2 aromatic rings. The molecule has 1 heterocycles. The second-order valence-electron chi connectivity index (χ2n) is 6.28. The molecule has 1 N–H and O–H groups in total. The zero-order chi connectivity index (χ0) is 17.0. The summed E-state index contributed by atoms with van der Waals surface area (Å²) in [6.45, 7) is 5.30. The van der Waals surface area contributed by atoms with E-state index in [-0.39, 0.29) is 24.5 Å². The van der Waals surface area contributed by atoms with E-state index in [9.17, 15) is 14.7 Å². The first-order valence-electron chi connectivity index (χ1n) is 7.58. The van der Waals surface area contributed by atoms with Gasteiger partial charge in [-0.2, -0.15) is 0 Å². The third-order valence-electron chi connectivity index (χ3n) is 4.28. The van der Waals surface area contributed by atoms with Gasteiger partial charge in [0.05, 0.1) is 11.1 Å². The van der Waals surface area contributed by atoms with Gasteiger partial charge in [-0.1, -0.05) is 44.2 Å². The number of ketones is 1. The fourth-order valence-corrected chi connectivity index (χ4v) is 3.13. The summed E-state index contributed by atoms with van der Waals surface area (Å²) in [5.74, 6) is -1.13. The number of nitrogens with zero attached hydrogens (tertiary/aromatic N) is 1. The first kappa shape index (κ1) is 17.3. The topological polar surface area (TPSA) is 67.3 Å². The molecule has 0 bridgehead atoms. The summed E-state index contributed by atoms with van der Waals surface area (Å²) < 4.78 is 0. The van der Waals surface area contributed by atoms with E-state index in [1.54, 1.807) is 6.92 Å². The summed E-state index contributed by atoms with van der Waals surface area (Å²) in [7, 11) is 0. The van der Waals surface area contributed by atoms with Crippen molar-refractivity contribution in [2.75, 3.05) is 0 Å². The average molecular weight is 331 g/mol. The fourth-order valence-electron chi connectivity index (χ4n) is 2.30. The van der Waals surface area contributed by atoms with Gasteiger partial charge in [0, 0.05) is 23.8 Å². The summed E-state index contributed by atoms with van der Waals surface area (Å²) in [6.07, 6.45) is 0.205. The number of carbonyl (C=O) groups is 2. The van der Waals surface area contributed by atoms with Crippen LogP contribution in [0.1, 0.15) is 32.9 Å². The van der Waals surface area contributed by atoms with E-state index < -0.39 is 11.4 Å². The van der Waals surface area contributed by atoms with Crippen molar-refractivity contribution in [2.45, 2.75) is 33.6 Å². The number of Topliss-reactive ketones (excluding diaryl/α,β-unsaturated/α-hetero) is 1. The van der Waals surface area contributed by atoms with Crippen molar-refractivity contribution in [3.05, 3.63) is 41.4 Å². The zero-order valence-corrected chi connectivity index (χ0v) is 14.4. The van der Waals surface area contributed by atoms with E-state index in [4.69, 9.17) is 0 Å². The van der Waals surface area contributed by atoms with E-state index in [2.05, 4.69) is 4.98 Å². The van der Waals surface area contributed by atoms with Crippen LogP contribution >= 0.6 is 11.3 Å². The summed E-state index contributed by atoms with van der Waals surface area (Å²) in [5, 5.41) is 12.1. The number of carboxylic acid groups (broad SMARTS) is 1. The number of carboxylic acids is 1. The Kier molecular flexibility index (Phi) is 5.31. The van der Waals surface area contributed by atoms with Crippen LogP contribution in [0.5, 0.6) is 0 Å². The van der Waals surface area contributed by atoms with Crippen molar-refractivity contribution >= 4 is 23.1 Å². The van der Waals surface area contributed by atoms with Crippen LogP contribution in [-0.4, -0.2) is 21.8 Å². The average Bonchev–Trinajstić information content (AvgIpc) is 2.95. The highest BCUT2D eigenvalue weighted by molar-refractivity contribution is 7.13. The van der Waals surface area contributed by atoms with E-state index >= 15 is 0 Å². The van der Waals surface area contributed by atoms with E-state index in [1.807, 2.05) is 49.6 Å². The van der Waals surface area contributed by atoms with Crippen molar-refractivity contribution in [2.24, 2.45) is 11.3 Å². The Bertz CT molecular complexity index is 693. The van der Waals surface area contributed by atoms with Crippen molar-refractivity contribution < 1.29 is 14.7 Å². The molecule has 0 aliphatic rings. The summed E-state index contributed by atoms with van der Waals surface area (Å²) >= 11 is 1.50. The Morgan fingerprint density at radius 1 is 1.26 bits per heavy atom. The number of hydrogen-bond donors (Lipinski definition) is 1. The molecule has 1 aromatic heterocycles. The molecule has 1 unspecified atom stereocenters. The van der Waals surface area contributed by atoms with Gasteiger partial charge in [0.15, 0.2) is 0 Å². The number of hydrogen-bond acceptors (Lipinski definition) is 4. The second kappa shape index (κ2) is 7.04. The standard InChI is InChI=1S/C18H21NO3S/c1-12(2)18(3,17(21)22)10-15(20)9-14-11-23-16(19-14)13-7-5-4-6-8-13/h4-8,11-12H,9-10H2,1-3H3,(H,21,22). The Labute approximate surface area is 140 Å². The largest absolute Gasteiger partial charge is 0.481 e. The van der Waals surface area contributed by atoms with Crippen molar-refractivity contribution in [3.63, 3.8) is 0 Å². The van der Waals surface area contributed by atoms with E-state index in [0.29, 0.717) is 5.69 Å². The number of carbonyl (C=O) groups excluding carboxylic acids is 1. The fraction of sp³-hybridized carbons (Fsp3) is 0.389. The van der Waals surface area contributed by atoms with Gasteiger partial charge >= 0.3 is 5.97 Å². The lowest BCUT2D eigenvalue weighted by atomic mass is 9.75. The van der Waals surface area contributed by atoms with Crippen LogP contribution in [0.2, 0.25) is 0 Å². The number of aliphatic carboxylic acids is 1. The molecule has 0 fully saturated rings. The van der Waals surface area contributed by atoms with Gasteiger partial charge in [-0.05, 0) is 12.8 Å². The zero-order valence-electron chi connectivity index (χ0n) is 13.6. The predicted octanol–water partition coefficient (Wildman–Crippen LogP) is 4.06. The van der Waals surface area contributed by atoms with Crippen LogP contribution in [0.15, 0.2) is 35.7 Å². The maximum Gasteiger partial charge on any atom is 0.310 e. The molecule has 122 valence electrons. The summed E-state index contributed by atoms with van der Waals surface area (Å²) in [6, 6.07) is 9.79. The van der Waals surface area contributed by atoms with Gasteiger partial charge in [0.2, 0.25) is 0 Å². The van der Waals surface area contributed by atoms with E-state index in [0.717, 1.165) is 10.6 Å². The van der Waals surface area contributed by atoms with Gasteiger partial charge in [-0.3, -0.25) is 9.59 Å². The third kappa shape index (κ3) is 4.05. The molecule has 1 aromatic carbocycles. The van der Waals surface area contributed by atoms with Gasteiger partial charge in [-0.15, -0.1) is 11.3 Å². The maximum atomic E-state index is 12.3. The van der Waals surface area contributed by atoms with Crippen molar-refractivity contribution in [1.82, 2.24) is 4.98 Å². The molecule has 4 nitrogen and oxygen atoms in total. The minimum absolute atomic E-state index is 0.0260. The molecule has 0 amide bonds. The van der Waals surface area contributed by atoms with Crippen LogP contribution < -0.4 is 0 Å². The molecule has 0 radical (unpaired) electrons. The first-order chi connectivity index (χ1) is 10.8. The summed E-state index contributed by atoms with van der Waals surface area (Å²) in [4.78, 5) is 28.2. The van der Waals surface area contributed by atoms with Gasteiger partial charge in [0.25, 0.3) is 0 Å². The monoisotopic (exact) mass is 331 g/mol. The molecule has 1 atom stereocenters. The molecule has 0 spiro atoms. The Morgan fingerprint density at radius 2 is 1.91 bits per heavy atom. The normalized spacial score (nSPS) is 13.7. The molecule has 5 heteroatoms. The van der Waals surface area contributed by atoms with Crippen LogP contribution in [-0.2, 0) is 16.0 Å². The first-order valence-corrected chi connectivity index (χ1v) is 8.46. The Hall–Kier alpha value is -2.01. The molecule has 0 aliphatic carbocycles. The molecule has 2 rings (SSSR count). The van der Waals surface area contributed by atoms with Gasteiger partial charge in [0.1, 0.15) is 10.8 Å². The minimum Gasteiger partial charge on any atom is -0.481 e. The lowest BCUT2D eigenvalue weighted by Gasteiger charge is -2.28. The number of rotatable bonds is 7. The Morgan fingerprint density at radius 3 is 2.48 bits per heavy atom. The number of benzene rings is 1. The summed E-state index contributed by atoms with van der Waals surface area (Å²) in [5.41, 5.74) is 0.694. The van der Waals surface area contributed by atoms with Crippen LogP contribution in [0, 0.1) is 11.3 Å². The maximum absolute atomic E-state index is 12.3. The minimum atomic E-state index is -1.03. The lowest BCUT2D eigenvalue weighted by molar-refractivity contribution is -0.153. The van der Waals surface area contributed by atoms with Crippen LogP contribution in [0.4, 0.5) is 0 Å². The highest BCUT2D eigenvalue weighted by Gasteiger charge is 2.38. The van der Waals surface area contributed by atoms with Crippen molar-refractivity contribution in [3.8, 4) is 10.6 Å². The second-order valence-corrected chi connectivity index (χ2v) is 7.14. The highest BCUT2D eigenvalue weighted by atomic mass is 32.1. The molecule has 23 heavy (non-hydrogen) atoms. The quantitative estimate of drug-likeness (QED) is 0.831. The Balaban J connectivity index is 2.07. The molecular weight excluding hydrogens is 310 g/mol. The number of aromatic nitrogens is 1. The van der Waals surface area contributed by atoms with E-state index in [1.165, 1.54) is 11.3 Å². The molecular formula is C18H21NO3S. The van der Waals surface area contributed by atoms with Crippen molar-refractivity contribution in [1.29, 1.82) is 0 Å². The van der Waals surface area contributed by atoms with Crippen LogP contribution in [0.3, 0.4) is 0 Å². The predicted molar refractivity (Wildman–Crippen MR) is 91.5 cm³/mol. The van der Waals surface area contributed by atoms with Crippen LogP contribution in [0.25, 0.3) is 10.6 Å². The number of thiazole rings is 1. The molecule has 0 aliphatic heterocycles. The lowest BCUT2D eigenvalue weighted by Crippen LogP contribution is -2.35. The molecule has 0 saturated carbocycles. The molecule has 0 saturated heterocycles. The smallest absolute Gasteiger partial charge is 0.310 e. The SMILES string of the molecule is CC(C)C(C)(CC(=O)Cc1csc(-c2ccccc2)n1)C(=O)O. The van der Waals surface area contributed by atoms with Gasteiger partial charge < -0.3 is 5.11 Å². The third-order valence-corrected chi connectivity index (χ3v) is 5.22.